The number of carbonyl (C=O) groups excluding carboxylic acids is 1. The zero-order chi connectivity index (χ0) is 15.2. The van der Waals surface area contributed by atoms with Crippen molar-refractivity contribution >= 4 is 15.9 Å². The van der Waals surface area contributed by atoms with Gasteiger partial charge in [-0.2, -0.15) is 4.31 Å². The molecule has 1 N–H and O–H groups in total. The molecule has 0 bridgehead atoms. The summed E-state index contributed by atoms with van der Waals surface area (Å²) in [6, 6.07) is 6.81. The van der Waals surface area contributed by atoms with E-state index in [-0.39, 0.29) is 24.4 Å². The van der Waals surface area contributed by atoms with Crippen LogP contribution in [0.5, 0.6) is 0 Å². The number of nitrogens with one attached hydrogen (secondary N) is 1. The molecule has 1 aromatic rings. The number of nitrogens with zero attached hydrogens (tertiary/aromatic N) is 1. The second-order valence-electron chi connectivity index (χ2n) is 6.07. The van der Waals surface area contributed by atoms with E-state index in [1.54, 1.807) is 12.1 Å². The Morgan fingerprint density at radius 1 is 1.24 bits per heavy atom. The second kappa shape index (κ2) is 5.10. The molecule has 2 fully saturated rings. The van der Waals surface area contributed by atoms with Gasteiger partial charge in [0, 0.05) is 19.0 Å². The molecular weight excluding hydrogens is 288 g/mol. The molecule has 2 aliphatic rings. The highest BCUT2D eigenvalue weighted by Gasteiger charge is 2.46. The summed E-state index contributed by atoms with van der Waals surface area (Å²) in [6.45, 7) is 4.62. The third-order valence-corrected chi connectivity index (χ3v) is 6.33. The normalized spacial score (nSPS) is 26.1. The van der Waals surface area contributed by atoms with E-state index in [0.29, 0.717) is 23.8 Å². The third-order valence-electron chi connectivity index (χ3n) is 4.39. The molecule has 2 unspecified atom stereocenters. The average molecular weight is 308 g/mol. The number of carbonyl (C=O) groups is 1. The molecular formula is C15H20N2O3S. The lowest BCUT2D eigenvalue weighted by atomic mass is 10.0. The Kier molecular flexibility index (Phi) is 3.53. The van der Waals surface area contributed by atoms with Crippen LogP contribution in [0.2, 0.25) is 0 Å². The number of rotatable bonds is 3. The van der Waals surface area contributed by atoms with Gasteiger partial charge in [-0.3, -0.25) is 4.79 Å². The molecule has 2 saturated heterocycles. The molecule has 21 heavy (non-hydrogen) atoms. The maximum Gasteiger partial charge on any atom is 0.243 e. The van der Waals surface area contributed by atoms with E-state index >= 15 is 0 Å². The van der Waals surface area contributed by atoms with Crippen LogP contribution in [0.3, 0.4) is 0 Å². The van der Waals surface area contributed by atoms with E-state index in [0.717, 1.165) is 5.56 Å². The molecule has 114 valence electrons. The van der Waals surface area contributed by atoms with E-state index in [9.17, 15) is 13.2 Å². The standard InChI is InChI=1S/C15H20N2O3S/c1-10(2)11-3-5-12(6-4-11)21(19,20)17-8-7-13-14(17)9-15(18)16-13/h3-6,10,13-14H,7-9H2,1-2H3,(H,16,18). The van der Waals surface area contributed by atoms with Crippen LogP contribution in [-0.4, -0.2) is 37.3 Å². The summed E-state index contributed by atoms with van der Waals surface area (Å²) in [5, 5.41) is 2.85. The lowest BCUT2D eigenvalue weighted by Gasteiger charge is -2.22. The summed E-state index contributed by atoms with van der Waals surface area (Å²) >= 11 is 0. The van der Waals surface area contributed by atoms with Crippen LogP contribution in [0.15, 0.2) is 29.2 Å². The number of hydrogen-bond donors (Lipinski definition) is 1. The van der Waals surface area contributed by atoms with Gasteiger partial charge in [0.05, 0.1) is 10.9 Å². The van der Waals surface area contributed by atoms with Gasteiger partial charge in [0.25, 0.3) is 0 Å². The Labute approximate surface area is 125 Å². The van der Waals surface area contributed by atoms with Crippen LogP contribution in [0.1, 0.15) is 38.2 Å². The van der Waals surface area contributed by atoms with Gasteiger partial charge in [-0.15, -0.1) is 0 Å². The van der Waals surface area contributed by atoms with Crippen molar-refractivity contribution in [2.24, 2.45) is 0 Å². The van der Waals surface area contributed by atoms with Crippen molar-refractivity contribution < 1.29 is 13.2 Å². The van der Waals surface area contributed by atoms with Gasteiger partial charge in [-0.1, -0.05) is 26.0 Å². The molecule has 3 rings (SSSR count). The predicted octanol–water partition coefficient (Wildman–Crippen LogP) is 1.46. The molecule has 5 nitrogen and oxygen atoms in total. The first-order valence-electron chi connectivity index (χ1n) is 7.31. The maximum atomic E-state index is 12.8. The fraction of sp³-hybridized carbons (Fsp3) is 0.533. The molecule has 1 amide bonds. The van der Waals surface area contributed by atoms with Crippen LogP contribution in [0.4, 0.5) is 0 Å². The Hall–Kier alpha value is -1.40. The average Bonchev–Trinajstić information content (AvgIpc) is 2.97. The topological polar surface area (TPSA) is 66.5 Å². The van der Waals surface area contributed by atoms with E-state index in [1.165, 1.54) is 4.31 Å². The maximum absolute atomic E-state index is 12.8. The van der Waals surface area contributed by atoms with Crippen LogP contribution in [0, 0.1) is 0 Å². The lowest BCUT2D eigenvalue weighted by molar-refractivity contribution is -0.119. The highest BCUT2D eigenvalue weighted by Crippen LogP contribution is 2.31. The lowest BCUT2D eigenvalue weighted by Crippen LogP contribution is -2.38. The molecule has 2 heterocycles. The number of fused-ring (bicyclic) bond motifs is 1. The van der Waals surface area contributed by atoms with Gasteiger partial charge in [0.1, 0.15) is 0 Å². The molecule has 2 atom stereocenters. The van der Waals surface area contributed by atoms with Crippen molar-refractivity contribution in [3.8, 4) is 0 Å². The Balaban J connectivity index is 1.88. The van der Waals surface area contributed by atoms with Crippen LogP contribution in [-0.2, 0) is 14.8 Å². The van der Waals surface area contributed by atoms with E-state index in [1.807, 2.05) is 12.1 Å². The van der Waals surface area contributed by atoms with Crippen LogP contribution < -0.4 is 5.32 Å². The van der Waals surface area contributed by atoms with Crippen molar-refractivity contribution in [3.63, 3.8) is 0 Å². The first-order valence-corrected chi connectivity index (χ1v) is 8.75. The van der Waals surface area contributed by atoms with Crippen LogP contribution in [0.25, 0.3) is 0 Å². The zero-order valence-corrected chi connectivity index (χ0v) is 13.1. The summed E-state index contributed by atoms with van der Waals surface area (Å²) in [6.07, 6.45) is 0.966. The Morgan fingerprint density at radius 2 is 1.90 bits per heavy atom. The van der Waals surface area contributed by atoms with Gasteiger partial charge in [0.15, 0.2) is 0 Å². The van der Waals surface area contributed by atoms with E-state index in [2.05, 4.69) is 19.2 Å². The highest BCUT2D eigenvalue weighted by atomic mass is 32.2. The smallest absolute Gasteiger partial charge is 0.243 e. The summed E-state index contributed by atoms with van der Waals surface area (Å²) in [7, 11) is -3.52. The van der Waals surface area contributed by atoms with E-state index in [4.69, 9.17) is 0 Å². The molecule has 0 saturated carbocycles. The minimum absolute atomic E-state index is 0.0257. The quantitative estimate of drug-likeness (QED) is 0.919. The molecule has 1 aromatic carbocycles. The number of hydrogen-bond acceptors (Lipinski definition) is 3. The molecule has 2 aliphatic heterocycles. The number of amides is 1. The van der Waals surface area contributed by atoms with Gasteiger partial charge in [0.2, 0.25) is 15.9 Å². The van der Waals surface area contributed by atoms with Crippen molar-refractivity contribution in [3.05, 3.63) is 29.8 Å². The first-order chi connectivity index (χ1) is 9.89. The number of benzene rings is 1. The van der Waals surface area contributed by atoms with E-state index < -0.39 is 10.0 Å². The van der Waals surface area contributed by atoms with Crippen molar-refractivity contribution in [1.29, 1.82) is 0 Å². The van der Waals surface area contributed by atoms with Crippen molar-refractivity contribution in [2.45, 2.75) is 49.6 Å². The summed E-state index contributed by atoms with van der Waals surface area (Å²) < 4.78 is 27.0. The minimum atomic E-state index is -3.52. The molecule has 0 aromatic heterocycles. The van der Waals surface area contributed by atoms with Gasteiger partial charge < -0.3 is 5.32 Å². The second-order valence-corrected chi connectivity index (χ2v) is 7.96. The first kappa shape index (κ1) is 14.5. The SMILES string of the molecule is CC(C)c1ccc(S(=O)(=O)N2CCC3NC(=O)CC32)cc1. The number of sulfonamides is 1. The zero-order valence-electron chi connectivity index (χ0n) is 12.2. The third kappa shape index (κ3) is 2.46. The van der Waals surface area contributed by atoms with Gasteiger partial charge in [-0.05, 0) is 30.0 Å². The van der Waals surface area contributed by atoms with Gasteiger partial charge >= 0.3 is 0 Å². The minimum Gasteiger partial charge on any atom is -0.352 e. The Bertz CT molecular complexity index is 652. The largest absolute Gasteiger partial charge is 0.352 e. The van der Waals surface area contributed by atoms with Gasteiger partial charge in [-0.25, -0.2) is 8.42 Å². The fourth-order valence-corrected chi connectivity index (χ4v) is 4.83. The summed E-state index contributed by atoms with van der Waals surface area (Å²) in [4.78, 5) is 11.8. The summed E-state index contributed by atoms with van der Waals surface area (Å²) in [5.74, 6) is 0.314. The monoisotopic (exact) mass is 308 g/mol. The molecule has 0 radical (unpaired) electrons. The molecule has 6 heteroatoms. The van der Waals surface area contributed by atoms with Crippen molar-refractivity contribution in [2.75, 3.05) is 6.54 Å². The molecule has 0 spiro atoms. The molecule has 0 aliphatic carbocycles. The predicted molar refractivity (Wildman–Crippen MR) is 79.4 cm³/mol. The highest BCUT2D eigenvalue weighted by molar-refractivity contribution is 7.89. The summed E-state index contributed by atoms with van der Waals surface area (Å²) in [5.41, 5.74) is 1.12. The fourth-order valence-electron chi connectivity index (χ4n) is 3.15. The Morgan fingerprint density at radius 3 is 2.52 bits per heavy atom. The van der Waals surface area contributed by atoms with Crippen LogP contribution >= 0.6 is 0 Å². The van der Waals surface area contributed by atoms with Crippen molar-refractivity contribution in [1.82, 2.24) is 9.62 Å².